The topological polar surface area (TPSA) is 42.1 Å². The molecule has 2 fully saturated rings. The first-order valence-corrected chi connectivity index (χ1v) is 6.22. The minimum absolute atomic E-state index is 0.0802. The molecular formula is C13H19N3. The van der Waals surface area contributed by atoms with Gasteiger partial charge in [-0.05, 0) is 43.7 Å². The van der Waals surface area contributed by atoms with E-state index < -0.39 is 0 Å². The molecule has 3 rings (SSSR count). The molecule has 86 valence electrons. The number of pyridine rings is 1. The maximum atomic E-state index is 5.82. The van der Waals surface area contributed by atoms with Crippen LogP contribution in [-0.4, -0.2) is 17.6 Å². The summed E-state index contributed by atoms with van der Waals surface area (Å²) in [5, 5.41) is 0. The van der Waals surface area contributed by atoms with Gasteiger partial charge in [-0.2, -0.15) is 0 Å². The maximum absolute atomic E-state index is 5.82. The number of nitrogens with zero attached hydrogens (tertiary/aromatic N) is 2. The second-order valence-corrected chi connectivity index (χ2v) is 5.22. The van der Waals surface area contributed by atoms with Crippen LogP contribution in [0.1, 0.15) is 37.8 Å². The quantitative estimate of drug-likeness (QED) is 0.824. The van der Waals surface area contributed by atoms with Crippen molar-refractivity contribution in [1.29, 1.82) is 0 Å². The summed E-state index contributed by atoms with van der Waals surface area (Å²) in [6.45, 7) is 3.20. The summed E-state index contributed by atoms with van der Waals surface area (Å²) in [5.41, 5.74) is 6.94. The highest BCUT2D eigenvalue weighted by Gasteiger charge is 2.38. The van der Waals surface area contributed by atoms with Crippen LogP contribution in [0.15, 0.2) is 18.3 Å². The number of hydrogen-bond donors (Lipinski definition) is 1. The van der Waals surface area contributed by atoms with Crippen LogP contribution in [0.25, 0.3) is 0 Å². The molecule has 1 aliphatic carbocycles. The molecule has 2 unspecified atom stereocenters. The van der Waals surface area contributed by atoms with Crippen LogP contribution in [0.4, 0.5) is 5.82 Å². The summed E-state index contributed by atoms with van der Waals surface area (Å²) in [7, 11) is 0. The van der Waals surface area contributed by atoms with E-state index in [4.69, 9.17) is 5.73 Å². The standard InChI is InChI=1S/C13H19N3/c1-9(14)11-3-5-13(15-7-11)16-8-10-2-4-12(16)6-10/h3,5,7,9-10,12H,2,4,6,8,14H2,1H3/t9-,10?,12?/m1/s1. The van der Waals surface area contributed by atoms with E-state index in [0.29, 0.717) is 0 Å². The molecule has 0 aromatic carbocycles. The van der Waals surface area contributed by atoms with Crippen molar-refractivity contribution < 1.29 is 0 Å². The zero-order valence-corrected chi connectivity index (χ0v) is 9.76. The first-order valence-electron chi connectivity index (χ1n) is 6.22. The predicted octanol–water partition coefficient (Wildman–Crippen LogP) is 2.09. The van der Waals surface area contributed by atoms with Crippen LogP contribution in [0.2, 0.25) is 0 Å². The van der Waals surface area contributed by atoms with Gasteiger partial charge in [-0.15, -0.1) is 0 Å². The Balaban J connectivity index is 1.80. The lowest BCUT2D eigenvalue weighted by Crippen LogP contribution is -2.32. The van der Waals surface area contributed by atoms with Gasteiger partial charge in [-0.1, -0.05) is 6.07 Å². The number of nitrogens with two attached hydrogens (primary N) is 1. The second kappa shape index (κ2) is 3.74. The zero-order valence-electron chi connectivity index (χ0n) is 9.76. The molecule has 2 aliphatic rings. The van der Waals surface area contributed by atoms with Crippen LogP contribution in [0.3, 0.4) is 0 Å². The van der Waals surface area contributed by atoms with E-state index in [1.54, 1.807) is 0 Å². The number of aromatic nitrogens is 1. The van der Waals surface area contributed by atoms with Crippen LogP contribution in [-0.2, 0) is 0 Å². The van der Waals surface area contributed by atoms with E-state index >= 15 is 0 Å². The smallest absolute Gasteiger partial charge is 0.128 e. The fourth-order valence-electron chi connectivity index (χ4n) is 3.04. The molecule has 2 heterocycles. The van der Waals surface area contributed by atoms with Crippen LogP contribution in [0, 0.1) is 5.92 Å². The summed E-state index contributed by atoms with van der Waals surface area (Å²) >= 11 is 0. The summed E-state index contributed by atoms with van der Waals surface area (Å²) in [5.74, 6) is 2.05. The summed E-state index contributed by atoms with van der Waals surface area (Å²) in [6, 6.07) is 5.06. The monoisotopic (exact) mass is 217 g/mol. The number of fused-ring (bicyclic) bond motifs is 2. The third kappa shape index (κ3) is 1.59. The van der Waals surface area contributed by atoms with Crippen LogP contribution < -0.4 is 10.6 Å². The van der Waals surface area contributed by atoms with Gasteiger partial charge in [0.25, 0.3) is 0 Å². The molecule has 1 aromatic heterocycles. The van der Waals surface area contributed by atoms with E-state index in [1.807, 2.05) is 13.1 Å². The van der Waals surface area contributed by atoms with Gasteiger partial charge < -0.3 is 10.6 Å². The fraction of sp³-hybridized carbons (Fsp3) is 0.615. The van der Waals surface area contributed by atoms with Gasteiger partial charge in [0.15, 0.2) is 0 Å². The van der Waals surface area contributed by atoms with E-state index in [2.05, 4.69) is 22.0 Å². The third-order valence-corrected chi connectivity index (χ3v) is 4.00. The Labute approximate surface area is 96.7 Å². The largest absolute Gasteiger partial charge is 0.353 e. The number of rotatable bonds is 2. The third-order valence-electron chi connectivity index (χ3n) is 4.00. The Kier molecular flexibility index (Phi) is 2.36. The molecule has 1 aromatic rings. The average Bonchev–Trinajstić information content (AvgIpc) is 2.91. The van der Waals surface area contributed by atoms with Gasteiger partial charge in [-0.25, -0.2) is 4.98 Å². The van der Waals surface area contributed by atoms with Crippen LogP contribution >= 0.6 is 0 Å². The highest BCUT2D eigenvalue weighted by Crippen LogP contribution is 2.39. The zero-order chi connectivity index (χ0) is 11.1. The van der Waals surface area contributed by atoms with Gasteiger partial charge in [0, 0.05) is 24.8 Å². The molecule has 0 amide bonds. The van der Waals surface area contributed by atoms with Gasteiger partial charge in [0.05, 0.1) is 0 Å². The first kappa shape index (κ1) is 10.1. The van der Waals surface area contributed by atoms with Gasteiger partial charge >= 0.3 is 0 Å². The number of piperidine rings is 1. The molecule has 3 nitrogen and oxygen atoms in total. The van der Waals surface area contributed by atoms with Crippen molar-refractivity contribution in [2.75, 3.05) is 11.4 Å². The molecule has 0 radical (unpaired) electrons. The van der Waals surface area contributed by atoms with Crippen molar-refractivity contribution in [3.05, 3.63) is 23.9 Å². The first-order chi connectivity index (χ1) is 7.74. The summed E-state index contributed by atoms with van der Waals surface area (Å²) < 4.78 is 0. The molecule has 2 N–H and O–H groups in total. The fourth-order valence-corrected chi connectivity index (χ4v) is 3.04. The minimum atomic E-state index is 0.0802. The molecule has 16 heavy (non-hydrogen) atoms. The Hall–Kier alpha value is -1.09. The lowest BCUT2D eigenvalue weighted by Gasteiger charge is -2.28. The minimum Gasteiger partial charge on any atom is -0.353 e. The van der Waals surface area contributed by atoms with Crippen LogP contribution in [0.5, 0.6) is 0 Å². The van der Waals surface area contributed by atoms with Crippen molar-refractivity contribution in [3.8, 4) is 0 Å². The number of anilines is 1. The molecule has 2 bridgehead atoms. The molecule has 1 aliphatic heterocycles. The van der Waals surface area contributed by atoms with E-state index in [-0.39, 0.29) is 6.04 Å². The van der Waals surface area contributed by atoms with E-state index in [9.17, 15) is 0 Å². The van der Waals surface area contributed by atoms with Crippen molar-refractivity contribution >= 4 is 5.82 Å². The Morgan fingerprint density at radius 3 is 2.81 bits per heavy atom. The molecule has 3 atom stereocenters. The molecular weight excluding hydrogens is 198 g/mol. The van der Waals surface area contributed by atoms with Gasteiger partial charge in [0.1, 0.15) is 5.82 Å². The molecule has 1 saturated heterocycles. The van der Waals surface area contributed by atoms with E-state index in [0.717, 1.165) is 23.3 Å². The summed E-state index contributed by atoms with van der Waals surface area (Å²) in [6.07, 6.45) is 6.06. The highest BCUT2D eigenvalue weighted by atomic mass is 15.2. The normalized spacial score (nSPS) is 29.8. The molecule has 0 spiro atoms. The van der Waals surface area contributed by atoms with Crippen molar-refractivity contribution in [2.24, 2.45) is 11.7 Å². The number of hydrogen-bond acceptors (Lipinski definition) is 3. The lowest BCUT2D eigenvalue weighted by atomic mass is 10.1. The van der Waals surface area contributed by atoms with Crippen molar-refractivity contribution in [2.45, 2.75) is 38.3 Å². The van der Waals surface area contributed by atoms with E-state index in [1.165, 1.54) is 25.8 Å². The lowest BCUT2D eigenvalue weighted by molar-refractivity contribution is 0.550. The predicted molar refractivity (Wildman–Crippen MR) is 65.3 cm³/mol. The van der Waals surface area contributed by atoms with Gasteiger partial charge in [-0.3, -0.25) is 0 Å². The maximum Gasteiger partial charge on any atom is 0.128 e. The Bertz CT molecular complexity index is 371. The highest BCUT2D eigenvalue weighted by molar-refractivity contribution is 5.43. The SMILES string of the molecule is C[C@@H](N)c1ccc(N2CC3CCC2C3)nc1. The van der Waals surface area contributed by atoms with Gasteiger partial charge in [0.2, 0.25) is 0 Å². The van der Waals surface area contributed by atoms with Crippen molar-refractivity contribution in [3.63, 3.8) is 0 Å². The van der Waals surface area contributed by atoms with Crippen molar-refractivity contribution in [1.82, 2.24) is 4.98 Å². The Morgan fingerprint density at radius 2 is 2.31 bits per heavy atom. The molecule has 1 saturated carbocycles. The Morgan fingerprint density at radius 1 is 1.44 bits per heavy atom. The molecule has 3 heteroatoms. The average molecular weight is 217 g/mol. The summed E-state index contributed by atoms with van der Waals surface area (Å²) in [4.78, 5) is 7.02. The second-order valence-electron chi connectivity index (χ2n) is 5.22.